The molecule has 2 rings (SSSR count). The van der Waals surface area contributed by atoms with Gasteiger partial charge < -0.3 is 10.6 Å². The third-order valence-corrected chi connectivity index (χ3v) is 3.30. The molecule has 2 N–H and O–H groups in total. The first-order chi connectivity index (χ1) is 9.63. The fraction of sp³-hybridized carbons (Fsp3) is 0.357. The third-order valence-electron chi connectivity index (χ3n) is 3.30. The standard InChI is InChI=1S/C14H19N5O/c1-11(12-6-4-3-5-7-12)18(2)14(20)13-10-19(9-8-15)17-16-13/h3-7,10-11H,8-9,15H2,1-2H3. The van der Waals surface area contributed by atoms with E-state index >= 15 is 0 Å². The molecule has 0 aliphatic rings. The summed E-state index contributed by atoms with van der Waals surface area (Å²) < 4.78 is 1.58. The fourth-order valence-corrected chi connectivity index (χ4v) is 1.95. The average Bonchev–Trinajstić information content (AvgIpc) is 2.95. The lowest BCUT2D eigenvalue weighted by Gasteiger charge is -2.24. The highest BCUT2D eigenvalue weighted by Crippen LogP contribution is 2.19. The summed E-state index contributed by atoms with van der Waals surface area (Å²) in [5.41, 5.74) is 6.86. The Labute approximate surface area is 118 Å². The molecule has 0 spiro atoms. The first kappa shape index (κ1) is 14.2. The van der Waals surface area contributed by atoms with Crippen LogP contribution in [0.25, 0.3) is 0 Å². The molecular weight excluding hydrogens is 254 g/mol. The Hall–Kier alpha value is -2.21. The highest BCUT2D eigenvalue weighted by molar-refractivity contribution is 5.92. The Morgan fingerprint density at radius 3 is 2.75 bits per heavy atom. The second kappa shape index (κ2) is 6.29. The molecule has 1 amide bonds. The summed E-state index contributed by atoms with van der Waals surface area (Å²) in [5.74, 6) is -0.148. The first-order valence-electron chi connectivity index (χ1n) is 6.55. The van der Waals surface area contributed by atoms with Crippen LogP contribution >= 0.6 is 0 Å². The maximum Gasteiger partial charge on any atom is 0.276 e. The maximum atomic E-state index is 12.4. The van der Waals surface area contributed by atoms with E-state index in [0.29, 0.717) is 18.8 Å². The van der Waals surface area contributed by atoms with Gasteiger partial charge in [0.15, 0.2) is 5.69 Å². The van der Waals surface area contributed by atoms with Crippen molar-refractivity contribution in [3.8, 4) is 0 Å². The molecule has 0 radical (unpaired) electrons. The summed E-state index contributed by atoms with van der Waals surface area (Å²) in [5, 5.41) is 7.78. The average molecular weight is 273 g/mol. The maximum absolute atomic E-state index is 12.4. The van der Waals surface area contributed by atoms with Gasteiger partial charge in [-0.3, -0.25) is 9.48 Å². The van der Waals surface area contributed by atoms with Gasteiger partial charge in [-0.1, -0.05) is 35.5 Å². The highest BCUT2D eigenvalue weighted by Gasteiger charge is 2.21. The number of aromatic nitrogens is 3. The van der Waals surface area contributed by atoms with Crippen LogP contribution in [0.1, 0.15) is 29.0 Å². The molecule has 0 saturated carbocycles. The fourth-order valence-electron chi connectivity index (χ4n) is 1.95. The van der Waals surface area contributed by atoms with Gasteiger partial charge in [-0.05, 0) is 12.5 Å². The lowest BCUT2D eigenvalue weighted by Crippen LogP contribution is -2.30. The molecule has 0 bridgehead atoms. The number of amides is 1. The Kier molecular flexibility index (Phi) is 4.47. The summed E-state index contributed by atoms with van der Waals surface area (Å²) in [6.45, 7) is 3.00. The molecule has 20 heavy (non-hydrogen) atoms. The van der Waals surface area contributed by atoms with E-state index in [9.17, 15) is 4.79 Å². The molecule has 2 aromatic rings. The van der Waals surface area contributed by atoms with Crippen LogP contribution in [0.15, 0.2) is 36.5 Å². The molecule has 1 heterocycles. The lowest BCUT2D eigenvalue weighted by molar-refractivity contribution is 0.0736. The van der Waals surface area contributed by atoms with Gasteiger partial charge in [0.1, 0.15) is 0 Å². The van der Waals surface area contributed by atoms with Gasteiger partial charge in [0.25, 0.3) is 5.91 Å². The molecule has 0 fully saturated rings. The van der Waals surface area contributed by atoms with E-state index in [1.165, 1.54) is 0 Å². The predicted molar refractivity (Wildman–Crippen MR) is 76.0 cm³/mol. The van der Waals surface area contributed by atoms with Crippen molar-refractivity contribution in [1.82, 2.24) is 19.9 Å². The quantitative estimate of drug-likeness (QED) is 0.884. The minimum atomic E-state index is -0.148. The topological polar surface area (TPSA) is 77.0 Å². The van der Waals surface area contributed by atoms with Gasteiger partial charge >= 0.3 is 0 Å². The van der Waals surface area contributed by atoms with E-state index in [1.54, 1.807) is 22.8 Å². The molecule has 1 unspecified atom stereocenters. The van der Waals surface area contributed by atoms with Crippen LogP contribution in [-0.2, 0) is 6.54 Å². The molecule has 6 nitrogen and oxygen atoms in total. The highest BCUT2D eigenvalue weighted by atomic mass is 16.2. The van der Waals surface area contributed by atoms with Crippen molar-refractivity contribution in [1.29, 1.82) is 0 Å². The van der Waals surface area contributed by atoms with Crippen molar-refractivity contribution >= 4 is 5.91 Å². The largest absolute Gasteiger partial charge is 0.334 e. The summed E-state index contributed by atoms with van der Waals surface area (Å²) >= 11 is 0. The van der Waals surface area contributed by atoms with Crippen molar-refractivity contribution in [3.63, 3.8) is 0 Å². The summed E-state index contributed by atoms with van der Waals surface area (Å²) in [6.07, 6.45) is 1.63. The predicted octanol–water partition coefficient (Wildman–Crippen LogP) is 1.07. The van der Waals surface area contributed by atoms with Crippen molar-refractivity contribution in [2.75, 3.05) is 13.6 Å². The van der Waals surface area contributed by atoms with E-state index in [1.807, 2.05) is 37.3 Å². The Morgan fingerprint density at radius 2 is 2.10 bits per heavy atom. The molecule has 0 aliphatic heterocycles. The zero-order valence-electron chi connectivity index (χ0n) is 11.7. The molecule has 106 valence electrons. The summed E-state index contributed by atoms with van der Waals surface area (Å²) in [7, 11) is 1.77. The molecule has 1 aromatic heterocycles. The number of carbonyl (C=O) groups is 1. The SMILES string of the molecule is CC(c1ccccc1)N(C)C(=O)c1cn(CCN)nn1. The molecule has 0 aliphatic carbocycles. The van der Waals surface area contributed by atoms with Crippen LogP contribution in [0.4, 0.5) is 0 Å². The molecule has 1 atom stereocenters. The second-order valence-corrected chi connectivity index (χ2v) is 4.66. The van der Waals surface area contributed by atoms with Crippen LogP contribution in [0.2, 0.25) is 0 Å². The number of nitrogens with zero attached hydrogens (tertiary/aromatic N) is 4. The van der Waals surface area contributed by atoms with Crippen LogP contribution in [0.5, 0.6) is 0 Å². The minimum Gasteiger partial charge on any atom is -0.334 e. The van der Waals surface area contributed by atoms with E-state index < -0.39 is 0 Å². The minimum absolute atomic E-state index is 0.0247. The Balaban J connectivity index is 2.11. The number of nitrogens with two attached hydrogens (primary N) is 1. The van der Waals surface area contributed by atoms with Gasteiger partial charge in [0, 0.05) is 13.6 Å². The third kappa shape index (κ3) is 3.03. The second-order valence-electron chi connectivity index (χ2n) is 4.66. The van der Waals surface area contributed by atoms with Crippen molar-refractivity contribution in [2.24, 2.45) is 5.73 Å². The normalized spacial score (nSPS) is 12.2. The summed E-state index contributed by atoms with van der Waals surface area (Å²) in [4.78, 5) is 14.0. The van der Waals surface area contributed by atoms with E-state index in [4.69, 9.17) is 5.73 Å². The van der Waals surface area contributed by atoms with Gasteiger partial charge in [0.2, 0.25) is 0 Å². The number of benzene rings is 1. The van der Waals surface area contributed by atoms with Crippen molar-refractivity contribution < 1.29 is 4.79 Å². The molecule has 1 aromatic carbocycles. The zero-order valence-corrected chi connectivity index (χ0v) is 11.7. The smallest absolute Gasteiger partial charge is 0.276 e. The van der Waals surface area contributed by atoms with Crippen LogP contribution < -0.4 is 5.73 Å². The zero-order chi connectivity index (χ0) is 14.5. The monoisotopic (exact) mass is 273 g/mol. The van der Waals surface area contributed by atoms with Gasteiger partial charge in [-0.15, -0.1) is 5.10 Å². The van der Waals surface area contributed by atoms with Crippen molar-refractivity contribution in [3.05, 3.63) is 47.8 Å². The summed E-state index contributed by atoms with van der Waals surface area (Å²) in [6, 6.07) is 9.85. The van der Waals surface area contributed by atoms with Gasteiger partial charge in [-0.2, -0.15) is 0 Å². The van der Waals surface area contributed by atoms with E-state index in [0.717, 1.165) is 5.56 Å². The molecule has 0 saturated heterocycles. The molecule has 6 heteroatoms. The lowest BCUT2D eigenvalue weighted by atomic mass is 10.1. The van der Waals surface area contributed by atoms with E-state index in [2.05, 4.69) is 10.3 Å². The van der Waals surface area contributed by atoms with Crippen LogP contribution in [0, 0.1) is 0 Å². The van der Waals surface area contributed by atoms with E-state index in [-0.39, 0.29) is 11.9 Å². The Morgan fingerprint density at radius 1 is 1.40 bits per heavy atom. The van der Waals surface area contributed by atoms with Crippen molar-refractivity contribution in [2.45, 2.75) is 19.5 Å². The van der Waals surface area contributed by atoms with Crippen LogP contribution in [-0.4, -0.2) is 39.4 Å². The van der Waals surface area contributed by atoms with Crippen LogP contribution in [0.3, 0.4) is 0 Å². The number of rotatable bonds is 5. The van der Waals surface area contributed by atoms with Gasteiger partial charge in [0.05, 0.1) is 18.8 Å². The number of carbonyl (C=O) groups excluding carboxylic acids is 1. The molecular formula is C14H19N5O. The van der Waals surface area contributed by atoms with Gasteiger partial charge in [-0.25, -0.2) is 0 Å². The number of hydrogen-bond acceptors (Lipinski definition) is 4. The first-order valence-corrected chi connectivity index (χ1v) is 6.55. The Bertz CT molecular complexity index is 566. The number of hydrogen-bond donors (Lipinski definition) is 1.